The summed E-state index contributed by atoms with van der Waals surface area (Å²) in [7, 11) is 0. The average molecular weight is 279 g/mol. The molecule has 1 rings (SSSR count). The van der Waals surface area contributed by atoms with E-state index in [1.807, 2.05) is 0 Å². The van der Waals surface area contributed by atoms with Gasteiger partial charge in [0.05, 0.1) is 0 Å². The second kappa shape index (κ2) is 4.54. The fourth-order valence-corrected chi connectivity index (χ4v) is 4.50. The van der Waals surface area contributed by atoms with Gasteiger partial charge in [0.25, 0.3) is 0 Å². The van der Waals surface area contributed by atoms with E-state index in [9.17, 15) is 7.84 Å². The van der Waals surface area contributed by atoms with Crippen molar-refractivity contribution in [2.45, 2.75) is 18.2 Å². The molecular weight excluding hydrogens is 266 g/mol. The van der Waals surface area contributed by atoms with Crippen LogP contribution in [0.15, 0.2) is 24.3 Å². The Kier molecular flexibility index (Phi) is 3.85. The van der Waals surface area contributed by atoms with Crippen LogP contribution in [0.1, 0.15) is 6.92 Å². The maximum atomic E-state index is 11.8. The molecule has 0 saturated carbocycles. The van der Waals surface area contributed by atoms with Crippen LogP contribution >= 0.6 is 11.6 Å². The van der Waals surface area contributed by atoms with Gasteiger partial charge in [0.1, 0.15) is 0 Å². The summed E-state index contributed by atoms with van der Waals surface area (Å²) in [4.78, 5) is 0. The van der Waals surface area contributed by atoms with Gasteiger partial charge < -0.3 is 0 Å². The molecule has 0 amide bonds. The van der Waals surface area contributed by atoms with Crippen molar-refractivity contribution in [2.75, 3.05) is 0 Å². The molecular formula is C9H12AsClO3. The summed E-state index contributed by atoms with van der Waals surface area (Å²) in [5, 5.41) is 9.52. The van der Waals surface area contributed by atoms with Crippen molar-refractivity contribution in [1.82, 2.24) is 0 Å². The standard InChI is InChI=1S/C9H12AsClO3/c1-7(12)6-10(13,14)8-2-4-9(11)5-3-8/h2-5,7,12H,6H2,1H3,(H,13,14). The summed E-state index contributed by atoms with van der Waals surface area (Å²) >= 11 is 1.58. The number of aliphatic hydroxyl groups is 1. The fourth-order valence-electron chi connectivity index (χ4n) is 1.14. The molecule has 2 N–H and O–H groups in total. The maximum absolute atomic E-state index is 11.8. The number of benzene rings is 1. The van der Waals surface area contributed by atoms with Crippen molar-refractivity contribution in [1.29, 1.82) is 0 Å². The van der Waals surface area contributed by atoms with Crippen LogP contribution in [0.25, 0.3) is 0 Å². The first-order valence-electron chi connectivity index (χ1n) is 4.18. The van der Waals surface area contributed by atoms with Gasteiger partial charge in [-0.05, 0) is 0 Å². The summed E-state index contributed by atoms with van der Waals surface area (Å²) in [5.41, 5.74) is 0. The third kappa shape index (κ3) is 3.17. The van der Waals surface area contributed by atoms with Crippen molar-refractivity contribution in [3.8, 4) is 0 Å². The third-order valence-electron chi connectivity index (χ3n) is 1.74. The molecule has 2 unspecified atom stereocenters. The van der Waals surface area contributed by atoms with E-state index in [1.54, 1.807) is 12.1 Å². The third-order valence-corrected chi connectivity index (χ3v) is 6.46. The normalized spacial score (nSPS) is 17.4. The zero-order chi connectivity index (χ0) is 10.8. The Morgan fingerprint density at radius 2 is 1.93 bits per heavy atom. The number of hydrogen-bond acceptors (Lipinski definition) is 2. The van der Waals surface area contributed by atoms with Crippen molar-refractivity contribution < 1.29 is 12.9 Å². The second-order valence-corrected chi connectivity index (χ2v) is 8.44. The molecule has 0 aliphatic rings. The summed E-state index contributed by atoms with van der Waals surface area (Å²) in [6.07, 6.45) is -0.763. The molecule has 3 nitrogen and oxygen atoms in total. The molecule has 78 valence electrons. The van der Waals surface area contributed by atoms with Gasteiger partial charge in [0.15, 0.2) is 0 Å². The Morgan fingerprint density at radius 3 is 2.36 bits per heavy atom. The summed E-state index contributed by atoms with van der Waals surface area (Å²) in [5.74, 6) is 0. The van der Waals surface area contributed by atoms with Gasteiger partial charge in [0, 0.05) is 0 Å². The van der Waals surface area contributed by atoms with E-state index in [4.69, 9.17) is 16.7 Å². The zero-order valence-electron chi connectivity index (χ0n) is 7.72. The Hall–Kier alpha value is -0.212. The van der Waals surface area contributed by atoms with E-state index in [2.05, 4.69) is 0 Å². The number of hydrogen-bond donors (Lipinski definition) is 2. The number of aliphatic hydroxyl groups excluding tert-OH is 1. The number of halogens is 1. The van der Waals surface area contributed by atoms with E-state index >= 15 is 0 Å². The molecule has 1 aromatic rings. The van der Waals surface area contributed by atoms with Crippen LogP contribution in [0.2, 0.25) is 10.2 Å². The van der Waals surface area contributed by atoms with Crippen LogP contribution in [-0.2, 0) is 3.74 Å². The minimum atomic E-state index is -4.07. The van der Waals surface area contributed by atoms with E-state index in [0.29, 0.717) is 9.37 Å². The molecule has 0 heterocycles. The first kappa shape index (κ1) is 11.9. The van der Waals surface area contributed by atoms with E-state index in [1.165, 1.54) is 19.1 Å². The van der Waals surface area contributed by atoms with Crippen LogP contribution in [0.4, 0.5) is 0 Å². The predicted molar refractivity (Wildman–Crippen MR) is 56.2 cm³/mol. The monoisotopic (exact) mass is 278 g/mol. The van der Waals surface area contributed by atoms with Gasteiger partial charge in [-0.25, -0.2) is 0 Å². The van der Waals surface area contributed by atoms with Crippen LogP contribution in [0, 0.1) is 0 Å². The molecule has 0 saturated heterocycles. The first-order valence-corrected chi connectivity index (χ1v) is 8.43. The van der Waals surface area contributed by atoms with Crippen molar-refractivity contribution >= 4 is 29.8 Å². The van der Waals surface area contributed by atoms with Crippen LogP contribution in [0.5, 0.6) is 0 Å². The fraction of sp³-hybridized carbons (Fsp3) is 0.333. The molecule has 0 aliphatic heterocycles. The summed E-state index contributed by atoms with van der Waals surface area (Å²) in [6.45, 7) is 1.50. The van der Waals surface area contributed by atoms with E-state index in [-0.39, 0.29) is 5.21 Å². The Bertz CT molecular complexity index is 348. The molecule has 1 aromatic carbocycles. The molecule has 2 atom stereocenters. The van der Waals surface area contributed by atoms with Gasteiger partial charge in [-0.3, -0.25) is 0 Å². The van der Waals surface area contributed by atoms with Crippen LogP contribution in [-0.4, -0.2) is 29.1 Å². The Morgan fingerprint density at radius 1 is 1.43 bits per heavy atom. The second-order valence-electron chi connectivity index (χ2n) is 3.21. The minimum absolute atomic E-state index is 0.0696. The first-order chi connectivity index (χ1) is 6.42. The Labute approximate surface area is 90.4 Å². The molecule has 0 aliphatic carbocycles. The number of rotatable bonds is 3. The Balaban J connectivity index is 2.92. The van der Waals surface area contributed by atoms with Gasteiger partial charge in [-0.1, -0.05) is 0 Å². The van der Waals surface area contributed by atoms with Crippen molar-refractivity contribution in [3.05, 3.63) is 29.3 Å². The topological polar surface area (TPSA) is 57.5 Å². The SMILES string of the molecule is CC(O)C[As](=O)(O)c1ccc(Cl)cc1. The van der Waals surface area contributed by atoms with Gasteiger partial charge in [-0.2, -0.15) is 0 Å². The molecule has 5 heteroatoms. The molecule has 14 heavy (non-hydrogen) atoms. The molecule has 0 aromatic heterocycles. The van der Waals surface area contributed by atoms with E-state index < -0.39 is 19.9 Å². The van der Waals surface area contributed by atoms with Crippen molar-refractivity contribution in [2.24, 2.45) is 0 Å². The average Bonchev–Trinajstić information content (AvgIpc) is 2.02. The summed E-state index contributed by atoms with van der Waals surface area (Å²) < 4.78 is 21.8. The van der Waals surface area contributed by atoms with Crippen LogP contribution in [0.3, 0.4) is 0 Å². The zero-order valence-corrected chi connectivity index (χ0v) is 10.4. The van der Waals surface area contributed by atoms with Crippen molar-refractivity contribution in [3.63, 3.8) is 0 Å². The molecule has 0 spiro atoms. The van der Waals surface area contributed by atoms with Gasteiger partial charge in [-0.15, -0.1) is 0 Å². The summed E-state index contributed by atoms with van der Waals surface area (Å²) in [6, 6.07) is 6.21. The van der Waals surface area contributed by atoms with Gasteiger partial charge in [0.2, 0.25) is 0 Å². The van der Waals surface area contributed by atoms with E-state index in [0.717, 1.165) is 0 Å². The van der Waals surface area contributed by atoms with Crippen LogP contribution < -0.4 is 4.35 Å². The molecule has 0 fully saturated rings. The van der Waals surface area contributed by atoms with Gasteiger partial charge >= 0.3 is 90.2 Å². The predicted octanol–water partition coefficient (Wildman–Crippen LogP) is 0.793. The molecule has 0 bridgehead atoms. The quantitative estimate of drug-likeness (QED) is 0.804. The molecule has 0 radical (unpaired) electrons.